The molecule has 1 saturated heterocycles. The van der Waals surface area contributed by atoms with Gasteiger partial charge in [-0.05, 0) is 0 Å². The summed E-state index contributed by atoms with van der Waals surface area (Å²) in [5.74, 6) is -0.264. The molecule has 1 rings (SSSR count). The van der Waals surface area contributed by atoms with E-state index in [1.807, 2.05) is 0 Å². The first-order valence-electron chi connectivity index (χ1n) is 2.04. The quantitative estimate of drug-likeness (QED) is 0.271. The van der Waals surface area contributed by atoms with Crippen LogP contribution < -0.4 is 0 Å². The first kappa shape index (κ1) is 18.3. The second-order valence-corrected chi connectivity index (χ2v) is 1.35. The van der Waals surface area contributed by atoms with Crippen LogP contribution in [0.1, 0.15) is 0 Å². The second-order valence-electron chi connectivity index (χ2n) is 1.35. The predicted molar refractivity (Wildman–Crippen MR) is 39.0 cm³/mol. The standard InChI is InChI=1S/C4H6O3.3Na/c1-6-4(5)3-2-7-3;;;/h3H,2H2,1H3;;;. The van der Waals surface area contributed by atoms with Crippen molar-refractivity contribution in [3.05, 3.63) is 0 Å². The fourth-order valence-electron chi connectivity index (χ4n) is 0.316. The number of carbonyl (C=O) groups is 1. The summed E-state index contributed by atoms with van der Waals surface area (Å²) in [7, 11) is 1.35. The third-order valence-electron chi connectivity index (χ3n) is 0.797. The summed E-state index contributed by atoms with van der Waals surface area (Å²) in [5.41, 5.74) is 0. The van der Waals surface area contributed by atoms with Gasteiger partial charge in [0.1, 0.15) is 0 Å². The average Bonchev–Trinajstić information content (AvgIpc) is 2.44. The second kappa shape index (κ2) is 9.52. The molecule has 1 heterocycles. The van der Waals surface area contributed by atoms with Crippen LogP contribution in [-0.2, 0) is 14.3 Å². The predicted octanol–water partition coefficient (Wildman–Crippen LogP) is -1.58. The molecule has 43 valence electrons. The van der Waals surface area contributed by atoms with Crippen LogP contribution in [0.15, 0.2) is 0 Å². The molecule has 3 radical (unpaired) electrons. The summed E-state index contributed by atoms with van der Waals surface area (Å²) < 4.78 is 8.90. The zero-order chi connectivity index (χ0) is 5.28. The summed E-state index contributed by atoms with van der Waals surface area (Å²) in [5, 5.41) is 0. The molecular weight excluding hydrogens is 165 g/mol. The minimum Gasteiger partial charge on any atom is -0.467 e. The van der Waals surface area contributed by atoms with E-state index in [0.29, 0.717) is 6.61 Å². The fraction of sp³-hybridized carbons (Fsp3) is 0.750. The number of hydrogen-bond donors (Lipinski definition) is 0. The van der Waals surface area contributed by atoms with Crippen molar-refractivity contribution in [3.8, 4) is 0 Å². The average molecular weight is 171 g/mol. The molecule has 1 unspecified atom stereocenters. The van der Waals surface area contributed by atoms with E-state index < -0.39 is 0 Å². The molecule has 0 N–H and O–H groups in total. The van der Waals surface area contributed by atoms with Crippen molar-refractivity contribution in [2.45, 2.75) is 6.10 Å². The van der Waals surface area contributed by atoms with Crippen LogP contribution in [0.3, 0.4) is 0 Å². The molecule has 0 aromatic heterocycles. The topological polar surface area (TPSA) is 38.8 Å². The maximum absolute atomic E-state index is 10.2. The molecule has 1 atom stereocenters. The maximum atomic E-state index is 10.2. The zero-order valence-electron chi connectivity index (χ0n) is 7.01. The number of epoxide rings is 1. The molecule has 1 fully saturated rings. The fourth-order valence-corrected chi connectivity index (χ4v) is 0.316. The van der Waals surface area contributed by atoms with E-state index in [1.54, 1.807) is 0 Å². The van der Waals surface area contributed by atoms with Crippen molar-refractivity contribution in [3.63, 3.8) is 0 Å². The Morgan fingerprint density at radius 2 is 1.90 bits per heavy atom. The molecule has 3 nitrogen and oxygen atoms in total. The zero-order valence-corrected chi connectivity index (χ0v) is 13.0. The maximum Gasteiger partial charge on any atom is 0.337 e. The normalized spacial score (nSPS) is 18.7. The Balaban J connectivity index is -0.000000163. The van der Waals surface area contributed by atoms with Gasteiger partial charge in [-0.2, -0.15) is 0 Å². The van der Waals surface area contributed by atoms with Gasteiger partial charge in [-0.15, -0.1) is 0 Å². The van der Waals surface area contributed by atoms with Gasteiger partial charge in [0.2, 0.25) is 0 Å². The van der Waals surface area contributed by atoms with Gasteiger partial charge in [0, 0.05) is 88.7 Å². The summed E-state index contributed by atoms with van der Waals surface area (Å²) in [6.07, 6.45) is -0.245. The van der Waals surface area contributed by atoms with Crippen LogP contribution in [0.5, 0.6) is 0 Å². The molecule has 0 aliphatic carbocycles. The monoisotopic (exact) mass is 171 g/mol. The number of methoxy groups -OCH3 is 1. The molecule has 0 amide bonds. The van der Waals surface area contributed by atoms with Crippen LogP contribution in [0.25, 0.3) is 0 Å². The Hall–Kier alpha value is 2.43. The third-order valence-corrected chi connectivity index (χ3v) is 0.797. The van der Waals surface area contributed by atoms with E-state index in [1.165, 1.54) is 7.11 Å². The Kier molecular flexibility index (Phi) is 17.4. The van der Waals surface area contributed by atoms with Crippen molar-refractivity contribution >= 4 is 94.6 Å². The van der Waals surface area contributed by atoms with E-state index in [-0.39, 0.29) is 101 Å². The van der Waals surface area contributed by atoms with Gasteiger partial charge < -0.3 is 9.47 Å². The minimum absolute atomic E-state index is 0. The first-order valence-corrected chi connectivity index (χ1v) is 2.04. The van der Waals surface area contributed by atoms with Crippen molar-refractivity contribution < 1.29 is 14.3 Å². The van der Waals surface area contributed by atoms with Gasteiger partial charge in [-0.25, -0.2) is 4.79 Å². The molecular formula is C4H6Na3O3. The molecule has 1 aliphatic heterocycles. The molecule has 1 aliphatic rings. The molecule has 6 heteroatoms. The summed E-state index contributed by atoms with van der Waals surface area (Å²) in [4.78, 5) is 10.2. The molecule has 0 spiro atoms. The number of ether oxygens (including phenoxy) is 2. The molecule has 0 aromatic carbocycles. The van der Waals surface area contributed by atoms with Crippen molar-refractivity contribution in [1.82, 2.24) is 0 Å². The molecule has 0 saturated carbocycles. The molecule has 0 bridgehead atoms. The number of carbonyl (C=O) groups excluding carboxylic acids is 1. The molecule has 10 heavy (non-hydrogen) atoms. The Bertz CT molecular complexity index is 93.7. The van der Waals surface area contributed by atoms with Crippen LogP contribution in [0.2, 0.25) is 0 Å². The van der Waals surface area contributed by atoms with Crippen LogP contribution in [0, 0.1) is 0 Å². The number of rotatable bonds is 1. The van der Waals surface area contributed by atoms with Crippen molar-refractivity contribution in [2.75, 3.05) is 13.7 Å². The third kappa shape index (κ3) is 7.10. The van der Waals surface area contributed by atoms with Crippen LogP contribution in [-0.4, -0.2) is 114 Å². The van der Waals surface area contributed by atoms with Crippen LogP contribution in [0.4, 0.5) is 0 Å². The number of hydrogen-bond acceptors (Lipinski definition) is 3. The summed E-state index contributed by atoms with van der Waals surface area (Å²) >= 11 is 0. The summed E-state index contributed by atoms with van der Waals surface area (Å²) in [6, 6.07) is 0. The van der Waals surface area contributed by atoms with Gasteiger partial charge in [-0.1, -0.05) is 0 Å². The van der Waals surface area contributed by atoms with E-state index in [0.717, 1.165) is 0 Å². The van der Waals surface area contributed by atoms with Crippen molar-refractivity contribution in [1.29, 1.82) is 0 Å². The first-order chi connectivity index (χ1) is 3.34. The SMILES string of the molecule is COC(=O)C1CO1.[Na].[Na].[Na]. The van der Waals surface area contributed by atoms with Gasteiger partial charge in [0.25, 0.3) is 0 Å². The Morgan fingerprint density at radius 3 is 2.00 bits per heavy atom. The Labute approximate surface area is 126 Å². The largest absolute Gasteiger partial charge is 0.467 e. The minimum atomic E-state index is -0.264. The number of esters is 1. The smallest absolute Gasteiger partial charge is 0.337 e. The van der Waals surface area contributed by atoms with Gasteiger partial charge in [-0.3, -0.25) is 0 Å². The van der Waals surface area contributed by atoms with E-state index in [9.17, 15) is 4.79 Å². The molecule has 0 aromatic rings. The summed E-state index contributed by atoms with van der Waals surface area (Å²) in [6.45, 7) is 0.534. The van der Waals surface area contributed by atoms with Gasteiger partial charge in [0.15, 0.2) is 6.10 Å². The van der Waals surface area contributed by atoms with Gasteiger partial charge >= 0.3 is 5.97 Å². The van der Waals surface area contributed by atoms with E-state index >= 15 is 0 Å². The van der Waals surface area contributed by atoms with Gasteiger partial charge in [0.05, 0.1) is 13.7 Å². The van der Waals surface area contributed by atoms with E-state index in [4.69, 9.17) is 0 Å². The van der Waals surface area contributed by atoms with Crippen LogP contribution >= 0.6 is 0 Å². The van der Waals surface area contributed by atoms with E-state index in [2.05, 4.69) is 9.47 Å². The van der Waals surface area contributed by atoms with Crippen molar-refractivity contribution in [2.24, 2.45) is 0 Å². The Morgan fingerprint density at radius 1 is 1.50 bits per heavy atom.